The monoisotopic (exact) mass is 491 g/mol. The first-order valence-electron chi connectivity index (χ1n) is 10.1. The Bertz CT molecular complexity index is 1370. The first kappa shape index (κ1) is 21.6. The number of benzene rings is 2. The summed E-state index contributed by atoms with van der Waals surface area (Å²) in [6.45, 7) is 0.373. The number of nitrogens with zero attached hydrogens (tertiary/aromatic N) is 3. The number of ether oxygens (including phenoxy) is 2. The van der Waals surface area contributed by atoms with Crippen molar-refractivity contribution < 1.29 is 9.47 Å². The van der Waals surface area contributed by atoms with Gasteiger partial charge in [-0.2, -0.15) is 4.98 Å². The van der Waals surface area contributed by atoms with Crippen LogP contribution in [0.4, 0.5) is 0 Å². The van der Waals surface area contributed by atoms with Crippen LogP contribution in [0, 0.1) is 0 Å². The molecule has 0 saturated heterocycles. The van der Waals surface area contributed by atoms with Gasteiger partial charge < -0.3 is 9.47 Å². The van der Waals surface area contributed by atoms with Crippen molar-refractivity contribution in [3.05, 3.63) is 88.9 Å². The summed E-state index contributed by atoms with van der Waals surface area (Å²) in [6.07, 6.45) is 0. The molecule has 33 heavy (non-hydrogen) atoms. The summed E-state index contributed by atoms with van der Waals surface area (Å²) < 4.78 is 11.3. The molecule has 0 fully saturated rings. The average molecular weight is 492 g/mol. The molecule has 0 bridgehead atoms. The van der Waals surface area contributed by atoms with E-state index in [-0.39, 0.29) is 0 Å². The fourth-order valence-corrected chi connectivity index (χ4v) is 5.04. The summed E-state index contributed by atoms with van der Waals surface area (Å²) in [7, 11) is 1.65. The summed E-state index contributed by atoms with van der Waals surface area (Å²) >= 11 is 9.12. The lowest BCUT2D eigenvalue weighted by Crippen LogP contribution is -2.00. The van der Waals surface area contributed by atoms with Crippen LogP contribution < -0.4 is 9.47 Å². The van der Waals surface area contributed by atoms with Crippen LogP contribution in [0.15, 0.2) is 78.2 Å². The van der Waals surface area contributed by atoms with Crippen molar-refractivity contribution in [1.29, 1.82) is 0 Å². The van der Waals surface area contributed by atoms with Gasteiger partial charge in [-0.3, -0.25) is 0 Å². The summed E-state index contributed by atoms with van der Waals surface area (Å²) in [5.41, 5.74) is 2.96. The summed E-state index contributed by atoms with van der Waals surface area (Å²) in [5.74, 6) is 1.77. The topological polar surface area (TPSA) is 57.1 Å². The van der Waals surface area contributed by atoms with Crippen molar-refractivity contribution in [3.63, 3.8) is 0 Å². The summed E-state index contributed by atoms with van der Waals surface area (Å²) in [4.78, 5) is 15.9. The molecule has 5 aromatic rings. The molecular weight excluding hydrogens is 474 g/mol. The maximum atomic E-state index is 6.05. The number of rotatable bonds is 7. The Morgan fingerprint density at radius 1 is 0.879 bits per heavy atom. The maximum absolute atomic E-state index is 6.05. The molecule has 5 nitrogen and oxygen atoms in total. The third-order valence-corrected chi connectivity index (χ3v) is 7.15. The summed E-state index contributed by atoms with van der Waals surface area (Å²) in [6, 6.07) is 24.1. The molecule has 0 saturated carbocycles. The number of hydrogen-bond donors (Lipinski definition) is 0. The van der Waals surface area contributed by atoms with Gasteiger partial charge in [0.25, 0.3) is 0 Å². The molecule has 164 valence electrons. The second-order valence-electron chi connectivity index (χ2n) is 7.06. The highest BCUT2D eigenvalue weighted by atomic mass is 35.5. The predicted molar refractivity (Wildman–Crippen MR) is 134 cm³/mol. The SMILES string of the molecule is COc1ccc(COc2cc(-c3ccc(-c4ccccc4)s3)nc(-c3nc(Cl)cs3)n2)cc1. The van der Waals surface area contributed by atoms with Gasteiger partial charge in [-0.1, -0.05) is 54.1 Å². The van der Waals surface area contributed by atoms with Crippen LogP contribution in [0.3, 0.4) is 0 Å². The molecule has 0 unspecified atom stereocenters. The Morgan fingerprint density at radius 3 is 2.39 bits per heavy atom. The van der Waals surface area contributed by atoms with E-state index in [0.717, 1.165) is 21.9 Å². The second-order valence-corrected chi connectivity index (χ2v) is 9.39. The third-order valence-electron chi connectivity index (χ3n) is 4.83. The Labute approximate surface area is 204 Å². The normalized spacial score (nSPS) is 10.8. The van der Waals surface area contributed by atoms with Crippen molar-refractivity contribution in [3.8, 4) is 43.5 Å². The van der Waals surface area contributed by atoms with Gasteiger partial charge in [0.05, 0.1) is 17.7 Å². The van der Waals surface area contributed by atoms with Crippen molar-refractivity contribution >= 4 is 34.3 Å². The fraction of sp³-hybridized carbons (Fsp3) is 0.0800. The highest BCUT2D eigenvalue weighted by molar-refractivity contribution is 7.18. The molecule has 0 amide bonds. The van der Waals surface area contributed by atoms with E-state index >= 15 is 0 Å². The van der Waals surface area contributed by atoms with E-state index in [2.05, 4.69) is 34.2 Å². The van der Waals surface area contributed by atoms with Gasteiger partial charge >= 0.3 is 0 Å². The average Bonchev–Trinajstić information content (AvgIpc) is 3.53. The van der Waals surface area contributed by atoms with Gasteiger partial charge in [-0.15, -0.1) is 22.7 Å². The lowest BCUT2D eigenvalue weighted by molar-refractivity contribution is 0.293. The Morgan fingerprint density at radius 2 is 1.67 bits per heavy atom. The molecule has 0 aliphatic rings. The van der Waals surface area contributed by atoms with Gasteiger partial charge in [0.1, 0.15) is 17.5 Å². The number of hydrogen-bond acceptors (Lipinski definition) is 7. The zero-order valence-corrected chi connectivity index (χ0v) is 20.0. The molecule has 0 N–H and O–H groups in total. The number of halogens is 1. The molecule has 5 rings (SSSR count). The Kier molecular flexibility index (Phi) is 6.35. The minimum Gasteiger partial charge on any atom is -0.497 e. The van der Waals surface area contributed by atoms with Crippen LogP contribution >= 0.6 is 34.3 Å². The van der Waals surface area contributed by atoms with Gasteiger partial charge in [-0.25, -0.2) is 9.97 Å². The zero-order valence-electron chi connectivity index (χ0n) is 17.6. The van der Waals surface area contributed by atoms with Gasteiger partial charge in [0, 0.05) is 16.3 Å². The molecule has 3 aromatic heterocycles. The quantitative estimate of drug-likeness (QED) is 0.240. The number of methoxy groups -OCH3 is 1. The van der Waals surface area contributed by atoms with E-state index in [4.69, 9.17) is 26.1 Å². The first-order chi connectivity index (χ1) is 16.2. The van der Waals surface area contributed by atoms with Gasteiger partial charge in [0.2, 0.25) is 5.88 Å². The van der Waals surface area contributed by atoms with E-state index in [0.29, 0.717) is 28.5 Å². The summed E-state index contributed by atoms with van der Waals surface area (Å²) in [5, 5.41) is 2.84. The second kappa shape index (κ2) is 9.70. The van der Waals surface area contributed by atoms with E-state index in [1.165, 1.54) is 21.8 Å². The molecule has 3 heterocycles. The number of thiophene rings is 1. The number of aromatic nitrogens is 3. The number of thiazole rings is 1. The molecule has 0 aliphatic heterocycles. The first-order valence-corrected chi connectivity index (χ1v) is 12.2. The molecular formula is C25H18ClN3O2S2. The lowest BCUT2D eigenvalue weighted by Gasteiger charge is -2.09. The van der Waals surface area contributed by atoms with Gasteiger partial charge in [-0.05, 0) is 35.4 Å². The minimum absolute atomic E-state index is 0.373. The Balaban J connectivity index is 1.47. The molecule has 2 aromatic carbocycles. The standard InChI is InChI=1S/C25H18ClN3O2S2/c1-30-18-9-7-16(8-10-18)14-31-23-13-19(27-24(29-23)25-28-22(26)15-32-25)21-12-11-20(33-21)17-5-3-2-4-6-17/h2-13,15H,14H2,1H3. The highest BCUT2D eigenvalue weighted by Gasteiger charge is 2.15. The highest BCUT2D eigenvalue weighted by Crippen LogP contribution is 2.36. The zero-order chi connectivity index (χ0) is 22.6. The van der Waals surface area contributed by atoms with Crippen LogP contribution in [-0.4, -0.2) is 22.1 Å². The van der Waals surface area contributed by atoms with Crippen molar-refractivity contribution in [2.45, 2.75) is 6.61 Å². The molecule has 0 radical (unpaired) electrons. The minimum atomic E-state index is 0.373. The van der Waals surface area contributed by atoms with Crippen LogP contribution in [-0.2, 0) is 6.61 Å². The molecule has 0 spiro atoms. The van der Waals surface area contributed by atoms with E-state index in [9.17, 15) is 0 Å². The van der Waals surface area contributed by atoms with Crippen LogP contribution in [0.25, 0.3) is 31.8 Å². The van der Waals surface area contributed by atoms with E-state index in [1.54, 1.807) is 23.8 Å². The smallest absolute Gasteiger partial charge is 0.217 e. The van der Waals surface area contributed by atoms with Gasteiger partial charge in [0.15, 0.2) is 10.8 Å². The van der Waals surface area contributed by atoms with Crippen LogP contribution in [0.5, 0.6) is 11.6 Å². The fourth-order valence-electron chi connectivity index (χ4n) is 3.19. The predicted octanol–water partition coefficient (Wildman–Crippen LogP) is 7.24. The van der Waals surface area contributed by atoms with Crippen LogP contribution in [0.1, 0.15) is 5.56 Å². The molecule has 8 heteroatoms. The van der Waals surface area contributed by atoms with E-state index < -0.39 is 0 Å². The molecule has 0 aliphatic carbocycles. The van der Waals surface area contributed by atoms with Crippen molar-refractivity contribution in [2.75, 3.05) is 7.11 Å². The largest absolute Gasteiger partial charge is 0.497 e. The van der Waals surface area contributed by atoms with Crippen molar-refractivity contribution in [1.82, 2.24) is 15.0 Å². The third kappa shape index (κ3) is 5.06. The van der Waals surface area contributed by atoms with E-state index in [1.807, 2.05) is 48.5 Å². The van der Waals surface area contributed by atoms with Crippen molar-refractivity contribution in [2.24, 2.45) is 0 Å². The Hall–Kier alpha value is -3.26. The van der Waals surface area contributed by atoms with Crippen LogP contribution in [0.2, 0.25) is 5.15 Å². The maximum Gasteiger partial charge on any atom is 0.217 e. The lowest BCUT2D eigenvalue weighted by atomic mass is 10.2. The molecule has 0 atom stereocenters.